The molecule has 0 aromatic rings. The Balaban J connectivity index is 3.12. The van der Waals surface area contributed by atoms with Crippen LogP contribution in [0.5, 0.6) is 0 Å². The molecule has 0 radical (unpaired) electrons. The Labute approximate surface area is 92.5 Å². The third-order valence-corrected chi connectivity index (χ3v) is 3.15. The van der Waals surface area contributed by atoms with E-state index in [1.165, 1.54) is 0 Å². The summed E-state index contributed by atoms with van der Waals surface area (Å²) in [6.07, 6.45) is 1.26. The number of aliphatic hydroxyl groups is 1. The highest BCUT2D eigenvalue weighted by Gasteiger charge is 2.50. The first-order valence-electron chi connectivity index (χ1n) is 5.51. The fourth-order valence-corrected chi connectivity index (χ4v) is 3.76. The van der Waals surface area contributed by atoms with Crippen molar-refractivity contribution in [1.29, 1.82) is 0 Å². The van der Waals surface area contributed by atoms with Crippen LogP contribution in [0.4, 0.5) is 0 Å². The van der Waals surface area contributed by atoms with Gasteiger partial charge in [-0.05, 0) is 47.5 Å². The quantitative estimate of drug-likeness (QED) is 0.668. The third kappa shape index (κ3) is 2.33. The molecule has 1 aliphatic heterocycles. The summed E-state index contributed by atoms with van der Waals surface area (Å²) in [7, 11) is 0. The lowest BCUT2D eigenvalue weighted by Gasteiger charge is -2.57. The van der Waals surface area contributed by atoms with Crippen molar-refractivity contribution in [1.82, 2.24) is 4.90 Å². The Hall–Kier alpha value is -0.570. The molecule has 0 aromatic heterocycles. The van der Waals surface area contributed by atoms with Crippen molar-refractivity contribution < 1.29 is 9.90 Å². The zero-order chi connectivity index (χ0) is 12.1. The van der Waals surface area contributed by atoms with E-state index in [0.29, 0.717) is 12.8 Å². The molecule has 1 heterocycles. The molecule has 15 heavy (non-hydrogen) atoms. The van der Waals surface area contributed by atoms with Crippen LogP contribution in [0.25, 0.3) is 0 Å². The van der Waals surface area contributed by atoms with Gasteiger partial charge in [-0.1, -0.05) is 0 Å². The number of likely N-dealkylation sites (tertiary alicyclic amines) is 1. The molecular weight excluding hydrogens is 190 g/mol. The summed E-state index contributed by atoms with van der Waals surface area (Å²) in [6, 6.07) is 0. The van der Waals surface area contributed by atoms with Crippen LogP contribution in [0.2, 0.25) is 0 Å². The smallest absolute Gasteiger partial charge is 0.220 e. The monoisotopic (exact) mass is 213 g/mol. The van der Waals surface area contributed by atoms with Gasteiger partial charge in [-0.3, -0.25) is 4.79 Å². The maximum Gasteiger partial charge on any atom is 0.220 e. The molecular formula is C12H23NO2. The molecule has 0 aliphatic carbocycles. The van der Waals surface area contributed by atoms with Crippen LogP contribution in [0.15, 0.2) is 0 Å². The molecule has 1 aliphatic rings. The van der Waals surface area contributed by atoms with Gasteiger partial charge in [0.25, 0.3) is 0 Å². The minimum absolute atomic E-state index is 0.0838. The highest BCUT2D eigenvalue weighted by Crippen LogP contribution is 2.43. The van der Waals surface area contributed by atoms with Gasteiger partial charge < -0.3 is 10.0 Å². The predicted octanol–water partition coefficient (Wildman–Crippen LogP) is 1.94. The molecule has 1 fully saturated rings. The van der Waals surface area contributed by atoms with Gasteiger partial charge in [0, 0.05) is 18.0 Å². The third-order valence-electron chi connectivity index (χ3n) is 3.15. The number of piperidine rings is 1. The van der Waals surface area contributed by atoms with Gasteiger partial charge in [0.05, 0.1) is 5.60 Å². The Morgan fingerprint density at radius 3 is 1.67 bits per heavy atom. The van der Waals surface area contributed by atoms with Gasteiger partial charge in [0.2, 0.25) is 5.91 Å². The van der Waals surface area contributed by atoms with E-state index in [-0.39, 0.29) is 17.0 Å². The Bertz CT molecular complexity index is 259. The van der Waals surface area contributed by atoms with Crippen LogP contribution in [0, 0.1) is 0 Å². The van der Waals surface area contributed by atoms with E-state index in [0.717, 1.165) is 0 Å². The Kier molecular flexibility index (Phi) is 2.67. The van der Waals surface area contributed by atoms with Crippen LogP contribution in [-0.4, -0.2) is 32.6 Å². The number of carbonyl (C=O) groups is 1. The minimum atomic E-state index is -0.682. The fourth-order valence-electron chi connectivity index (χ4n) is 3.76. The highest BCUT2D eigenvalue weighted by molar-refractivity contribution is 5.75. The normalized spacial score (nSPS) is 27.5. The number of hydrogen-bond acceptors (Lipinski definition) is 2. The second kappa shape index (κ2) is 3.21. The molecule has 1 saturated heterocycles. The maximum absolute atomic E-state index is 11.7. The van der Waals surface area contributed by atoms with E-state index in [4.69, 9.17) is 0 Å². The molecule has 1 N–H and O–H groups in total. The van der Waals surface area contributed by atoms with E-state index in [2.05, 4.69) is 0 Å². The Morgan fingerprint density at radius 1 is 1.07 bits per heavy atom. The average molecular weight is 213 g/mol. The molecule has 1 amide bonds. The van der Waals surface area contributed by atoms with E-state index in [1.54, 1.807) is 6.92 Å². The molecule has 0 aromatic carbocycles. The number of hydrogen-bond donors (Lipinski definition) is 1. The lowest BCUT2D eigenvalue weighted by molar-refractivity contribution is -0.162. The molecule has 0 atom stereocenters. The molecule has 3 heteroatoms. The van der Waals surface area contributed by atoms with Crippen molar-refractivity contribution in [3.63, 3.8) is 0 Å². The van der Waals surface area contributed by atoms with E-state index >= 15 is 0 Å². The average Bonchev–Trinajstić information content (AvgIpc) is 1.71. The molecule has 0 unspecified atom stereocenters. The fraction of sp³-hybridized carbons (Fsp3) is 0.917. The molecule has 88 valence electrons. The molecule has 0 spiro atoms. The van der Waals surface area contributed by atoms with Crippen LogP contribution < -0.4 is 0 Å². The number of carbonyl (C=O) groups excluding carboxylic acids is 1. The molecule has 0 saturated carbocycles. The summed E-state index contributed by atoms with van der Waals surface area (Å²) in [5, 5.41) is 10.2. The summed E-state index contributed by atoms with van der Waals surface area (Å²) < 4.78 is 0. The second-order valence-electron chi connectivity index (χ2n) is 6.33. The van der Waals surface area contributed by atoms with Crippen LogP contribution in [0.3, 0.4) is 0 Å². The minimum Gasteiger partial charge on any atom is -0.390 e. The lowest BCUT2D eigenvalue weighted by Crippen LogP contribution is -2.66. The SMILES string of the molecule is CC(=O)N1C(C)(C)CC(C)(O)CC1(C)C. The first-order chi connectivity index (χ1) is 6.48. The first-order valence-corrected chi connectivity index (χ1v) is 5.51. The summed E-state index contributed by atoms with van der Waals surface area (Å²) in [5.74, 6) is 0.0838. The maximum atomic E-state index is 11.7. The van der Waals surface area contributed by atoms with Crippen molar-refractivity contribution in [2.24, 2.45) is 0 Å². The number of rotatable bonds is 0. The zero-order valence-corrected chi connectivity index (χ0v) is 10.7. The number of nitrogens with zero attached hydrogens (tertiary/aromatic N) is 1. The molecule has 3 nitrogen and oxygen atoms in total. The molecule has 1 rings (SSSR count). The largest absolute Gasteiger partial charge is 0.390 e. The van der Waals surface area contributed by atoms with Crippen molar-refractivity contribution in [3.8, 4) is 0 Å². The molecule has 0 bridgehead atoms. The highest BCUT2D eigenvalue weighted by atomic mass is 16.3. The Morgan fingerprint density at radius 2 is 1.40 bits per heavy atom. The standard InChI is InChI=1S/C12H23NO2/c1-9(14)13-10(2,3)7-12(6,15)8-11(13,4)5/h15H,7-8H2,1-6H3. The summed E-state index contributed by atoms with van der Waals surface area (Å²) in [6.45, 7) is 11.5. The lowest BCUT2D eigenvalue weighted by atomic mass is 9.72. The topological polar surface area (TPSA) is 40.5 Å². The van der Waals surface area contributed by atoms with Crippen LogP contribution in [-0.2, 0) is 4.79 Å². The van der Waals surface area contributed by atoms with Gasteiger partial charge in [-0.15, -0.1) is 0 Å². The first kappa shape index (κ1) is 12.5. The summed E-state index contributed by atoms with van der Waals surface area (Å²) >= 11 is 0. The summed E-state index contributed by atoms with van der Waals surface area (Å²) in [5.41, 5.74) is -1.24. The zero-order valence-electron chi connectivity index (χ0n) is 10.7. The van der Waals surface area contributed by atoms with Gasteiger partial charge in [-0.25, -0.2) is 0 Å². The van der Waals surface area contributed by atoms with Gasteiger partial charge in [0.15, 0.2) is 0 Å². The number of amides is 1. The van der Waals surface area contributed by atoms with E-state index < -0.39 is 5.60 Å². The summed E-state index contributed by atoms with van der Waals surface area (Å²) in [4.78, 5) is 13.6. The van der Waals surface area contributed by atoms with Crippen molar-refractivity contribution >= 4 is 5.91 Å². The van der Waals surface area contributed by atoms with Crippen molar-refractivity contribution in [2.75, 3.05) is 0 Å². The second-order valence-corrected chi connectivity index (χ2v) is 6.33. The van der Waals surface area contributed by atoms with E-state index in [9.17, 15) is 9.90 Å². The van der Waals surface area contributed by atoms with Crippen LogP contribution >= 0.6 is 0 Å². The van der Waals surface area contributed by atoms with Crippen molar-refractivity contribution in [2.45, 2.75) is 71.1 Å². The van der Waals surface area contributed by atoms with Crippen molar-refractivity contribution in [3.05, 3.63) is 0 Å². The van der Waals surface area contributed by atoms with E-state index in [1.807, 2.05) is 39.5 Å². The van der Waals surface area contributed by atoms with Gasteiger partial charge in [-0.2, -0.15) is 0 Å². The van der Waals surface area contributed by atoms with Gasteiger partial charge >= 0.3 is 0 Å². The van der Waals surface area contributed by atoms with Gasteiger partial charge in [0.1, 0.15) is 0 Å². The van der Waals surface area contributed by atoms with Crippen LogP contribution in [0.1, 0.15) is 54.4 Å². The predicted molar refractivity (Wildman–Crippen MR) is 60.5 cm³/mol.